The zero-order valence-corrected chi connectivity index (χ0v) is 15.4. The SMILES string of the molecule is O=C(CC1C(=O)NCCN1Cc1ccc(Cl)c(F)c1)NCc1ccncc1. The lowest BCUT2D eigenvalue weighted by atomic mass is 10.1. The van der Waals surface area contributed by atoms with Crippen molar-refractivity contribution in [2.45, 2.75) is 25.6 Å². The number of rotatable bonds is 6. The van der Waals surface area contributed by atoms with Crippen LogP contribution >= 0.6 is 11.6 Å². The Labute approximate surface area is 161 Å². The van der Waals surface area contributed by atoms with E-state index >= 15 is 0 Å². The quantitative estimate of drug-likeness (QED) is 0.789. The van der Waals surface area contributed by atoms with Gasteiger partial charge >= 0.3 is 0 Å². The molecular weight excluding hydrogens is 371 g/mol. The molecule has 1 aliphatic heterocycles. The summed E-state index contributed by atoms with van der Waals surface area (Å²) in [6.45, 7) is 1.81. The van der Waals surface area contributed by atoms with Crippen LogP contribution in [0.4, 0.5) is 4.39 Å². The number of hydrogen-bond acceptors (Lipinski definition) is 4. The maximum absolute atomic E-state index is 13.7. The van der Waals surface area contributed by atoms with E-state index in [0.717, 1.165) is 5.56 Å². The number of carbonyl (C=O) groups is 2. The molecule has 1 aromatic carbocycles. The average molecular weight is 391 g/mol. The van der Waals surface area contributed by atoms with E-state index in [9.17, 15) is 14.0 Å². The van der Waals surface area contributed by atoms with Crippen molar-refractivity contribution in [3.8, 4) is 0 Å². The summed E-state index contributed by atoms with van der Waals surface area (Å²) in [6, 6.07) is 7.60. The van der Waals surface area contributed by atoms with Crippen molar-refractivity contribution in [3.63, 3.8) is 0 Å². The van der Waals surface area contributed by atoms with Crippen molar-refractivity contribution >= 4 is 23.4 Å². The van der Waals surface area contributed by atoms with Gasteiger partial charge in [-0.3, -0.25) is 19.5 Å². The van der Waals surface area contributed by atoms with E-state index in [1.165, 1.54) is 12.1 Å². The van der Waals surface area contributed by atoms with Crippen molar-refractivity contribution in [1.82, 2.24) is 20.5 Å². The Kier molecular flexibility index (Phi) is 6.36. The highest BCUT2D eigenvalue weighted by Gasteiger charge is 2.31. The molecule has 1 aromatic heterocycles. The number of benzene rings is 1. The van der Waals surface area contributed by atoms with Crippen LogP contribution in [-0.4, -0.2) is 40.8 Å². The summed E-state index contributed by atoms with van der Waals surface area (Å²) in [5.74, 6) is -0.918. The number of halogens is 2. The molecule has 1 aliphatic rings. The summed E-state index contributed by atoms with van der Waals surface area (Å²) >= 11 is 5.72. The van der Waals surface area contributed by atoms with Gasteiger partial charge in [0.25, 0.3) is 0 Å². The molecule has 0 spiro atoms. The molecule has 8 heteroatoms. The minimum absolute atomic E-state index is 0.0347. The number of aromatic nitrogens is 1. The Bertz CT molecular complexity index is 819. The van der Waals surface area contributed by atoms with Crippen molar-refractivity contribution in [3.05, 3.63) is 64.7 Å². The van der Waals surface area contributed by atoms with E-state index in [2.05, 4.69) is 15.6 Å². The van der Waals surface area contributed by atoms with Crippen LogP contribution in [0.1, 0.15) is 17.5 Å². The maximum atomic E-state index is 13.7. The third-order valence-corrected chi connectivity index (χ3v) is 4.74. The second-order valence-electron chi connectivity index (χ2n) is 6.36. The van der Waals surface area contributed by atoms with E-state index in [1.807, 2.05) is 17.0 Å². The Hall–Kier alpha value is -2.51. The molecule has 0 saturated carbocycles. The lowest BCUT2D eigenvalue weighted by Gasteiger charge is -2.34. The van der Waals surface area contributed by atoms with Crippen molar-refractivity contribution in [2.24, 2.45) is 0 Å². The van der Waals surface area contributed by atoms with E-state index in [1.54, 1.807) is 18.5 Å². The van der Waals surface area contributed by atoms with Gasteiger partial charge in [0.05, 0.1) is 17.5 Å². The number of carbonyl (C=O) groups excluding carboxylic acids is 2. The first-order valence-electron chi connectivity index (χ1n) is 8.64. The summed E-state index contributed by atoms with van der Waals surface area (Å²) in [6.07, 6.45) is 3.35. The average Bonchev–Trinajstić information content (AvgIpc) is 2.67. The largest absolute Gasteiger partial charge is 0.353 e. The zero-order chi connectivity index (χ0) is 19.2. The lowest BCUT2D eigenvalue weighted by Crippen LogP contribution is -2.56. The molecule has 0 aliphatic carbocycles. The fourth-order valence-electron chi connectivity index (χ4n) is 2.99. The highest BCUT2D eigenvalue weighted by atomic mass is 35.5. The summed E-state index contributed by atoms with van der Waals surface area (Å²) in [4.78, 5) is 30.4. The number of piperazine rings is 1. The Morgan fingerprint density at radius 3 is 2.81 bits per heavy atom. The molecule has 2 N–H and O–H groups in total. The Morgan fingerprint density at radius 2 is 2.07 bits per heavy atom. The van der Waals surface area contributed by atoms with Crippen LogP contribution in [0.5, 0.6) is 0 Å². The van der Waals surface area contributed by atoms with E-state index in [0.29, 0.717) is 31.7 Å². The molecular formula is C19H20ClFN4O2. The highest BCUT2D eigenvalue weighted by Crippen LogP contribution is 2.19. The molecule has 1 fully saturated rings. The molecule has 0 radical (unpaired) electrons. The van der Waals surface area contributed by atoms with Crippen LogP contribution < -0.4 is 10.6 Å². The van der Waals surface area contributed by atoms with Gasteiger partial charge in [0, 0.05) is 38.6 Å². The highest BCUT2D eigenvalue weighted by molar-refractivity contribution is 6.30. The molecule has 6 nitrogen and oxygen atoms in total. The summed E-state index contributed by atoms with van der Waals surface area (Å²) in [7, 11) is 0. The number of hydrogen-bond donors (Lipinski definition) is 2. The van der Waals surface area contributed by atoms with Crippen LogP contribution in [0.15, 0.2) is 42.7 Å². The number of nitrogens with zero attached hydrogens (tertiary/aromatic N) is 2. The summed E-state index contributed by atoms with van der Waals surface area (Å²) in [5, 5.41) is 5.66. The summed E-state index contributed by atoms with van der Waals surface area (Å²) < 4.78 is 13.7. The topological polar surface area (TPSA) is 74.3 Å². The van der Waals surface area contributed by atoms with Gasteiger partial charge in [-0.05, 0) is 35.4 Å². The monoisotopic (exact) mass is 390 g/mol. The van der Waals surface area contributed by atoms with Crippen molar-refractivity contribution in [1.29, 1.82) is 0 Å². The molecule has 2 amide bonds. The lowest BCUT2D eigenvalue weighted by molar-refractivity contribution is -0.134. The van der Waals surface area contributed by atoms with E-state index in [4.69, 9.17) is 11.6 Å². The predicted octanol–water partition coefficient (Wildman–Crippen LogP) is 1.88. The molecule has 1 atom stereocenters. The predicted molar refractivity (Wildman–Crippen MR) is 99.3 cm³/mol. The van der Waals surface area contributed by atoms with Crippen LogP contribution in [0.25, 0.3) is 0 Å². The first-order chi connectivity index (χ1) is 13.0. The number of amides is 2. The third kappa shape index (κ3) is 5.24. The molecule has 2 aromatic rings. The fourth-order valence-corrected chi connectivity index (χ4v) is 3.11. The smallest absolute Gasteiger partial charge is 0.237 e. The Morgan fingerprint density at radius 1 is 1.30 bits per heavy atom. The minimum Gasteiger partial charge on any atom is -0.353 e. The van der Waals surface area contributed by atoms with Gasteiger partial charge < -0.3 is 10.6 Å². The van der Waals surface area contributed by atoms with Crippen LogP contribution in [-0.2, 0) is 22.7 Å². The standard InChI is InChI=1S/C19H20ClFN4O2/c20-15-2-1-14(9-16(15)21)12-25-8-7-23-19(27)17(25)10-18(26)24-11-13-3-5-22-6-4-13/h1-6,9,17H,7-8,10-12H2,(H,23,27)(H,24,26). The molecule has 2 heterocycles. The maximum Gasteiger partial charge on any atom is 0.237 e. The van der Waals surface area contributed by atoms with Crippen LogP contribution in [0, 0.1) is 5.82 Å². The van der Waals surface area contributed by atoms with Crippen molar-refractivity contribution < 1.29 is 14.0 Å². The molecule has 1 unspecified atom stereocenters. The van der Waals surface area contributed by atoms with Gasteiger partial charge in [0.15, 0.2) is 0 Å². The Balaban J connectivity index is 1.62. The third-order valence-electron chi connectivity index (χ3n) is 4.43. The van der Waals surface area contributed by atoms with Gasteiger partial charge in [-0.25, -0.2) is 4.39 Å². The van der Waals surface area contributed by atoms with Gasteiger partial charge in [-0.15, -0.1) is 0 Å². The molecule has 3 rings (SSSR count). The molecule has 142 valence electrons. The van der Waals surface area contributed by atoms with E-state index < -0.39 is 11.9 Å². The summed E-state index contributed by atoms with van der Waals surface area (Å²) in [5.41, 5.74) is 1.63. The van der Waals surface area contributed by atoms with Gasteiger partial charge in [-0.2, -0.15) is 0 Å². The number of pyridine rings is 1. The van der Waals surface area contributed by atoms with Gasteiger partial charge in [0.2, 0.25) is 11.8 Å². The minimum atomic E-state index is -0.602. The zero-order valence-electron chi connectivity index (χ0n) is 14.6. The number of nitrogens with one attached hydrogen (secondary N) is 2. The molecule has 0 bridgehead atoms. The van der Waals surface area contributed by atoms with Crippen LogP contribution in [0.2, 0.25) is 5.02 Å². The van der Waals surface area contributed by atoms with Gasteiger partial charge in [-0.1, -0.05) is 17.7 Å². The second kappa shape index (κ2) is 8.92. The van der Waals surface area contributed by atoms with Crippen LogP contribution in [0.3, 0.4) is 0 Å². The first-order valence-corrected chi connectivity index (χ1v) is 9.02. The molecule has 27 heavy (non-hydrogen) atoms. The fraction of sp³-hybridized carbons (Fsp3) is 0.316. The van der Waals surface area contributed by atoms with Crippen molar-refractivity contribution in [2.75, 3.05) is 13.1 Å². The molecule has 1 saturated heterocycles. The first kappa shape index (κ1) is 19.3. The second-order valence-corrected chi connectivity index (χ2v) is 6.77. The van der Waals surface area contributed by atoms with E-state index in [-0.39, 0.29) is 23.3 Å². The normalized spacial score (nSPS) is 17.4. The van der Waals surface area contributed by atoms with Gasteiger partial charge in [0.1, 0.15) is 5.82 Å².